The Hall–Kier alpha value is -0.180. The fourth-order valence-electron chi connectivity index (χ4n) is 0.330. The second kappa shape index (κ2) is 8.82. The van der Waals surface area contributed by atoms with Crippen molar-refractivity contribution in [2.45, 2.75) is 13.8 Å². The van der Waals surface area contributed by atoms with Gasteiger partial charge in [-0.05, 0) is 24.4 Å². The summed E-state index contributed by atoms with van der Waals surface area (Å²) in [5, 5.41) is 5.86. The van der Waals surface area contributed by atoms with Gasteiger partial charge >= 0.3 is 0 Å². The van der Waals surface area contributed by atoms with Crippen molar-refractivity contribution in [3.8, 4) is 22.3 Å². The van der Waals surface area contributed by atoms with Crippen molar-refractivity contribution < 1.29 is 0 Å². The molecule has 0 spiro atoms. The summed E-state index contributed by atoms with van der Waals surface area (Å²) < 4.78 is 0. The lowest BCUT2D eigenvalue weighted by molar-refractivity contribution is 1.57. The van der Waals surface area contributed by atoms with Crippen LogP contribution in [0.1, 0.15) is 13.8 Å². The normalized spacial score (nSPS) is 7.00. The topological polar surface area (TPSA) is 0 Å². The number of thioether (sulfide) groups is 2. The van der Waals surface area contributed by atoms with Crippen molar-refractivity contribution in [2.24, 2.45) is 0 Å². The smallest absolute Gasteiger partial charge is 0.0157 e. The molecule has 0 saturated heterocycles. The highest BCUT2D eigenvalue weighted by Crippen LogP contribution is 2.03. The van der Waals surface area contributed by atoms with E-state index in [-0.39, 0.29) is 0 Å². The van der Waals surface area contributed by atoms with Gasteiger partial charge in [-0.25, -0.2) is 0 Å². The molecule has 0 nitrogen and oxygen atoms in total. The van der Waals surface area contributed by atoms with Crippen LogP contribution in [-0.2, 0) is 0 Å². The minimum atomic E-state index is 1.07. The molecule has 0 N–H and O–H groups in total. The van der Waals surface area contributed by atoms with Crippen LogP contribution in [0.4, 0.5) is 0 Å². The molecule has 54 valence electrons. The van der Waals surface area contributed by atoms with Crippen LogP contribution in [0.2, 0.25) is 0 Å². The zero-order valence-corrected chi connectivity index (χ0v) is 7.86. The van der Waals surface area contributed by atoms with E-state index in [4.69, 9.17) is 0 Å². The lowest BCUT2D eigenvalue weighted by Crippen LogP contribution is -1.77. The second-order valence-electron chi connectivity index (χ2n) is 1.40. The maximum Gasteiger partial charge on any atom is 0.0157 e. The van der Waals surface area contributed by atoms with Gasteiger partial charge in [0.15, 0.2) is 0 Å². The van der Waals surface area contributed by atoms with Crippen molar-refractivity contribution in [3.05, 3.63) is 0 Å². The van der Waals surface area contributed by atoms with Crippen LogP contribution in [0.25, 0.3) is 0 Å². The van der Waals surface area contributed by atoms with Gasteiger partial charge in [0.2, 0.25) is 0 Å². The summed E-state index contributed by atoms with van der Waals surface area (Å²) in [7, 11) is 0. The van der Waals surface area contributed by atoms with Gasteiger partial charge in [0, 0.05) is 11.5 Å². The molecule has 0 heterocycles. The Morgan fingerprint density at radius 3 is 1.60 bits per heavy atom. The van der Waals surface area contributed by atoms with Crippen molar-refractivity contribution >= 4 is 23.5 Å². The molecule has 0 aromatic carbocycles. The Balaban J connectivity index is 3.00. The Kier molecular flexibility index (Phi) is 8.66. The highest BCUT2D eigenvalue weighted by molar-refractivity contribution is 8.07. The maximum atomic E-state index is 2.93. The van der Waals surface area contributed by atoms with Crippen molar-refractivity contribution in [3.63, 3.8) is 0 Å². The summed E-state index contributed by atoms with van der Waals surface area (Å²) in [6.45, 7) is 3.71. The molecule has 0 aliphatic rings. The van der Waals surface area contributed by atoms with Gasteiger partial charge in [-0.1, -0.05) is 35.4 Å². The fourth-order valence-corrected chi connectivity index (χ4v) is 1.49. The number of rotatable bonds is 3. The van der Waals surface area contributed by atoms with E-state index in [1.54, 1.807) is 23.5 Å². The third-order valence-electron chi connectivity index (χ3n) is 0.636. The number of hydrogen-bond acceptors (Lipinski definition) is 2. The molecule has 0 saturated carbocycles. The molecule has 0 aliphatic carbocycles. The molecule has 0 rings (SSSR count). The van der Waals surface area contributed by atoms with Crippen molar-refractivity contribution in [1.82, 2.24) is 0 Å². The van der Waals surface area contributed by atoms with E-state index in [0.29, 0.717) is 0 Å². The number of hydrogen-bond donors (Lipinski definition) is 0. The molecule has 0 bridgehead atoms. The van der Waals surface area contributed by atoms with Crippen LogP contribution in [0, 0.1) is 22.3 Å². The standard InChI is InChI=1S/C8H10S2/c1-3-5-9-7-8-10-6-4-2/h7-8H2,1-2H3. The Bertz CT molecular complexity index is 153. The molecule has 0 radical (unpaired) electrons. The minimum absolute atomic E-state index is 1.07. The molecular weight excluding hydrogens is 160 g/mol. The summed E-state index contributed by atoms with van der Waals surface area (Å²) in [4.78, 5) is 0. The van der Waals surface area contributed by atoms with E-state index < -0.39 is 0 Å². The monoisotopic (exact) mass is 170 g/mol. The third kappa shape index (κ3) is 7.82. The summed E-state index contributed by atoms with van der Waals surface area (Å²) in [6.07, 6.45) is 0. The van der Waals surface area contributed by atoms with E-state index in [0.717, 1.165) is 11.5 Å². The lowest BCUT2D eigenvalue weighted by atomic mass is 10.8. The summed E-state index contributed by atoms with van der Waals surface area (Å²) in [5.41, 5.74) is 0. The van der Waals surface area contributed by atoms with E-state index in [2.05, 4.69) is 22.3 Å². The van der Waals surface area contributed by atoms with Gasteiger partial charge in [0.1, 0.15) is 0 Å². The SMILES string of the molecule is CC#CSCCSC#CC. The van der Waals surface area contributed by atoms with Gasteiger partial charge in [-0.2, -0.15) is 0 Å². The lowest BCUT2D eigenvalue weighted by Gasteiger charge is -1.86. The molecule has 0 amide bonds. The van der Waals surface area contributed by atoms with E-state index >= 15 is 0 Å². The maximum absolute atomic E-state index is 2.93. The Morgan fingerprint density at radius 1 is 0.900 bits per heavy atom. The van der Waals surface area contributed by atoms with E-state index in [9.17, 15) is 0 Å². The highest BCUT2D eigenvalue weighted by Gasteiger charge is 1.81. The first-order valence-electron chi connectivity index (χ1n) is 2.99. The van der Waals surface area contributed by atoms with Gasteiger partial charge in [0.25, 0.3) is 0 Å². The summed E-state index contributed by atoms with van der Waals surface area (Å²) in [6, 6.07) is 0. The fraction of sp³-hybridized carbons (Fsp3) is 0.500. The largest absolute Gasteiger partial charge is 0.0947 e. The molecule has 0 unspecified atom stereocenters. The molecule has 0 aromatic heterocycles. The zero-order valence-electron chi connectivity index (χ0n) is 6.23. The van der Waals surface area contributed by atoms with Gasteiger partial charge in [-0.15, -0.1) is 0 Å². The van der Waals surface area contributed by atoms with E-state index in [1.807, 2.05) is 13.8 Å². The minimum Gasteiger partial charge on any atom is -0.0947 e. The first-order valence-corrected chi connectivity index (χ1v) is 4.96. The second-order valence-corrected chi connectivity index (χ2v) is 3.20. The van der Waals surface area contributed by atoms with Crippen molar-refractivity contribution in [2.75, 3.05) is 11.5 Å². The van der Waals surface area contributed by atoms with Crippen LogP contribution in [0.15, 0.2) is 0 Å². The third-order valence-corrected chi connectivity index (χ3v) is 2.41. The van der Waals surface area contributed by atoms with Crippen LogP contribution < -0.4 is 0 Å². The summed E-state index contributed by atoms with van der Waals surface area (Å²) >= 11 is 3.31. The zero-order chi connectivity index (χ0) is 7.66. The van der Waals surface area contributed by atoms with Crippen LogP contribution in [0.5, 0.6) is 0 Å². The van der Waals surface area contributed by atoms with Gasteiger partial charge in [0.05, 0.1) is 0 Å². The molecular formula is C8H10S2. The van der Waals surface area contributed by atoms with Crippen LogP contribution >= 0.6 is 23.5 Å². The first-order chi connectivity index (χ1) is 4.91. The molecule has 10 heavy (non-hydrogen) atoms. The molecule has 0 fully saturated rings. The highest BCUT2D eigenvalue weighted by atomic mass is 32.2. The predicted molar refractivity (Wildman–Crippen MR) is 51.8 cm³/mol. The van der Waals surface area contributed by atoms with Gasteiger partial charge < -0.3 is 0 Å². The molecule has 0 aliphatic heterocycles. The predicted octanol–water partition coefficient (Wildman–Crippen LogP) is 2.41. The van der Waals surface area contributed by atoms with Crippen LogP contribution in [-0.4, -0.2) is 11.5 Å². The van der Waals surface area contributed by atoms with Gasteiger partial charge in [-0.3, -0.25) is 0 Å². The summed E-state index contributed by atoms with van der Waals surface area (Å²) in [5.74, 6) is 7.79. The quantitative estimate of drug-likeness (QED) is 0.471. The Morgan fingerprint density at radius 2 is 1.30 bits per heavy atom. The first kappa shape index (κ1) is 9.82. The molecule has 0 aromatic rings. The van der Waals surface area contributed by atoms with E-state index in [1.165, 1.54) is 0 Å². The van der Waals surface area contributed by atoms with Crippen LogP contribution in [0.3, 0.4) is 0 Å². The van der Waals surface area contributed by atoms with Crippen molar-refractivity contribution in [1.29, 1.82) is 0 Å². The average Bonchev–Trinajstić information content (AvgIpc) is 1.97. The average molecular weight is 170 g/mol. The molecule has 2 heteroatoms. The Labute approximate surface area is 71.5 Å². The molecule has 0 atom stereocenters.